The van der Waals surface area contributed by atoms with E-state index in [1.165, 1.54) is 12.1 Å². The van der Waals surface area contributed by atoms with Crippen LogP contribution in [0.1, 0.15) is 56.3 Å². The first-order valence-electron chi connectivity index (χ1n) is 8.88. The molecule has 2 rings (SSSR count). The van der Waals surface area contributed by atoms with Crippen molar-refractivity contribution in [2.75, 3.05) is 13.2 Å². The maximum absolute atomic E-state index is 12.2. The minimum absolute atomic E-state index is 0.125. The molecule has 1 amide bonds. The van der Waals surface area contributed by atoms with E-state index in [4.69, 9.17) is 14.6 Å². The second kappa shape index (κ2) is 8.75. The highest BCUT2D eigenvalue weighted by Crippen LogP contribution is 2.40. The fourth-order valence-corrected chi connectivity index (χ4v) is 2.83. The van der Waals surface area contributed by atoms with E-state index in [1.807, 2.05) is 0 Å². The molecule has 1 heterocycles. The van der Waals surface area contributed by atoms with Gasteiger partial charge in [-0.1, -0.05) is 6.42 Å². The van der Waals surface area contributed by atoms with Crippen LogP contribution in [0.25, 0.3) is 0 Å². The SMILES string of the molecule is CC1(C)CC(=O)c2c(O)cc(OCC(=O)NCCCCCC(=O)O)cc2O1. The van der Waals surface area contributed by atoms with Crippen molar-refractivity contribution < 1.29 is 34.1 Å². The number of benzene rings is 1. The van der Waals surface area contributed by atoms with Gasteiger partial charge >= 0.3 is 5.97 Å². The van der Waals surface area contributed by atoms with Gasteiger partial charge in [-0.15, -0.1) is 0 Å². The third-order valence-corrected chi connectivity index (χ3v) is 4.07. The van der Waals surface area contributed by atoms with Crippen LogP contribution >= 0.6 is 0 Å². The lowest BCUT2D eigenvalue weighted by Gasteiger charge is -2.32. The van der Waals surface area contributed by atoms with Gasteiger partial charge in [0.15, 0.2) is 12.4 Å². The monoisotopic (exact) mass is 379 g/mol. The lowest BCUT2D eigenvalue weighted by atomic mass is 9.92. The highest BCUT2D eigenvalue weighted by atomic mass is 16.5. The molecule has 0 spiro atoms. The molecule has 0 aromatic heterocycles. The van der Waals surface area contributed by atoms with Crippen molar-refractivity contribution in [1.29, 1.82) is 0 Å². The van der Waals surface area contributed by atoms with Crippen molar-refractivity contribution in [3.63, 3.8) is 0 Å². The fourth-order valence-electron chi connectivity index (χ4n) is 2.83. The first kappa shape index (κ1) is 20.5. The number of fused-ring (bicyclic) bond motifs is 1. The Morgan fingerprint density at radius 3 is 2.70 bits per heavy atom. The largest absolute Gasteiger partial charge is 0.507 e. The maximum atomic E-state index is 12.2. The van der Waals surface area contributed by atoms with Crippen molar-refractivity contribution in [1.82, 2.24) is 5.32 Å². The van der Waals surface area contributed by atoms with Crippen LogP contribution < -0.4 is 14.8 Å². The van der Waals surface area contributed by atoms with Gasteiger partial charge in [-0.05, 0) is 26.7 Å². The number of ether oxygens (including phenoxy) is 2. The summed E-state index contributed by atoms with van der Waals surface area (Å²) in [4.78, 5) is 34.4. The number of phenolic OH excluding ortho intramolecular Hbond substituents is 1. The van der Waals surface area contributed by atoms with E-state index < -0.39 is 11.6 Å². The van der Waals surface area contributed by atoms with Crippen molar-refractivity contribution in [2.45, 2.75) is 51.6 Å². The first-order chi connectivity index (χ1) is 12.7. The van der Waals surface area contributed by atoms with E-state index >= 15 is 0 Å². The molecule has 1 aromatic carbocycles. The number of Topliss-reactive ketones (excluding diaryl/α,β-unsaturated/α-hetero) is 1. The number of amides is 1. The van der Waals surface area contributed by atoms with Gasteiger partial charge in [0.2, 0.25) is 0 Å². The van der Waals surface area contributed by atoms with E-state index in [-0.39, 0.29) is 54.0 Å². The van der Waals surface area contributed by atoms with Gasteiger partial charge in [0.1, 0.15) is 28.4 Å². The van der Waals surface area contributed by atoms with Crippen LogP contribution in [0.2, 0.25) is 0 Å². The number of ketones is 1. The van der Waals surface area contributed by atoms with Gasteiger partial charge in [0.05, 0.1) is 6.42 Å². The molecular formula is C19H25NO7. The summed E-state index contributed by atoms with van der Waals surface area (Å²) < 4.78 is 11.1. The van der Waals surface area contributed by atoms with Gasteiger partial charge in [-0.3, -0.25) is 14.4 Å². The van der Waals surface area contributed by atoms with Crippen LogP contribution in [0, 0.1) is 0 Å². The number of aliphatic carboxylic acids is 1. The molecule has 27 heavy (non-hydrogen) atoms. The normalized spacial score (nSPS) is 14.8. The summed E-state index contributed by atoms with van der Waals surface area (Å²) in [5.74, 6) is -1.12. The van der Waals surface area contributed by atoms with E-state index in [9.17, 15) is 19.5 Å². The number of carboxylic acids is 1. The standard InChI is InChI=1S/C19H25NO7/c1-19(2)10-14(22)18-13(21)8-12(9-15(18)27-19)26-11-16(23)20-7-5-3-4-6-17(24)25/h8-9,21H,3-7,10-11H2,1-2H3,(H,20,23)(H,24,25). The topological polar surface area (TPSA) is 122 Å². The summed E-state index contributed by atoms with van der Waals surface area (Å²) in [7, 11) is 0. The average molecular weight is 379 g/mol. The maximum Gasteiger partial charge on any atom is 0.303 e. The molecule has 0 bridgehead atoms. The molecule has 0 radical (unpaired) electrons. The molecule has 148 valence electrons. The van der Waals surface area contributed by atoms with E-state index in [2.05, 4.69) is 5.32 Å². The third kappa shape index (κ3) is 6.16. The number of hydrogen-bond donors (Lipinski definition) is 3. The Labute approximate surface area is 157 Å². The number of hydrogen-bond acceptors (Lipinski definition) is 6. The van der Waals surface area contributed by atoms with Gasteiger partial charge in [0.25, 0.3) is 5.91 Å². The predicted octanol–water partition coefficient (Wildman–Crippen LogP) is 2.28. The summed E-state index contributed by atoms with van der Waals surface area (Å²) in [5, 5.41) is 21.3. The van der Waals surface area contributed by atoms with Crippen LogP contribution in [-0.4, -0.2) is 46.6 Å². The molecule has 1 aromatic rings. The molecule has 0 atom stereocenters. The number of aromatic hydroxyl groups is 1. The number of carboxylic acid groups (broad SMARTS) is 1. The minimum Gasteiger partial charge on any atom is -0.507 e. The lowest BCUT2D eigenvalue weighted by Crippen LogP contribution is -2.36. The highest BCUT2D eigenvalue weighted by Gasteiger charge is 2.34. The van der Waals surface area contributed by atoms with E-state index in [0.29, 0.717) is 25.8 Å². The van der Waals surface area contributed by atoms with Crippen molar-refractivity contribution in [3.8, 4) is 17.2 Å². The molecular weight excluding hydrogens is 354 g/mol. The van der Waals surface area contributed by atoms with Crippen molar-refractivity contribution in [3.05, 3.63) is 17.7 Å². The van der Waals surface area contributed by atoms with Crippen LogP contribution in [0.3, 0.4) is 0 Å². The van der Waals surface area contributed by atoms with Gasteiger partial charge in [0, 0.05) is 25.1 Å². The third-order valence-electron chi connectivity index (χ3n) is 4.07. The predicted molar refractivity (Wildman–Crippen MR) is 96.4 cm³/mol. The van der Waals surface area contributed by atoms with Crippen molar-refractivity contribution >= 4 is 17.7 Å². The molecule has 8 heteroatoms. The molecule has 0 fully saturated rings. The van der Waals surface area contributed by atoms with Gasteiger partial charge in [-0.2, -0.15) is 0 Å². The zero-order chi connectivity index (χ0) is 20.0. The Balaban J connectivity index is 1.82. The Kier molecular flexibility index (Phi) is 6.65. The van der Waals surface area contributed by atoms with E-state index in [1.54, 1.807) is 13.8 Å². The second-order valence-electron chi connectivity index (χ2n) is 7.12. The Bertz CT molecular complexity index is 727. The molecule has 1 aliphatic rings. The summed E-state index contributed by atoms with van der Waals surface area (Å²) in [6.45, 7) is 3.75. The van der Waals surface area contributed by atoms with Gasteiger partial charge in [-0.25, -0.2) is 0 Å². The molecule has 0 unspecified atom stereocenters. The number of carbonyl (C=O) groups excluding carboxylic acids is 2. The van der Waals surface area contributed by atoms with Crippen molar-refractivity contribution in [2.24, 2.45) is 0 Å². The zero-order valence-electron chi connectivity index (χ0n) is 15.5. The number of carbonyl (C=O) groups is 3. The van der Waals surface area contributed by atoms with Crippen LogP contribution in [0.4, 0.5) is 0 Å². The average Bonchev–Trinajstić information content (AvgIpc) is 2.53. The molecule has 0 saturated heterocycles. The van der Waals surface area contributed by atoms with Crippen LogP contribution in [-0.2, 0) is 9.59 Å². The summed E-state index contributed by atoms with van der Waals surface area (Å²) in [5.41, 5.74) is -0.542. The van der Waals surface area contributed by atoms with Crippen LogP contribution in [0.5, 0.6) is 17.2 Å². The van der Waals surface area contributed by atoms with E-state index in [0.717, 1.165) is 0 Å². The smallest absolute Gasteiger partial charge is 0.303 e. The lowest BCUT2D eigenvalue weighted by molar-refractivity contribution is -0.137. The summed E-state index contributed by atoms with van der Waals surface area (Å²) in [6.07, 6.45) is 2.27. The fraction of sp³-hybridized carbons (Fsp3) is 0.526. The number of unbranched alkanes of at least 4 members (excludes halogenated alkanes) is 2. The number of rotatable bonds is 9. The number of phenols is 1. The highest BCUT2D eigenvalue weighted by molar-refractivity contribution is 6.03. The molecule has 0 aliphatic carbocycles. The number of nitrogens with one attached hydrogen (secondary N) is 1. The quantitative estimate of drug-likeness (QED) is 0.563. The minimum atomic E-state index is -0.824. The van der Waals surface area contributed by atoms with Gasteiger partial charge < -0.3 is 25.0 Å². The zero-order valence-corrected chi connectivity index (χ0v) is 15.5. The Hall–Kier alpha value is -2.77. The summed E-state index contributed by atoms with van der Waals surface area (Å²) >= 11 is 0. The molecule has 8 nitrogen and oxygen atoms in total. The second-order valence-corrected chi connectivity index (χ2v) is 7.12. The van der Waals surface area contributed by atoms with Crippen LogP contribution in [0.15, 0.2) is 12.1 Å². The first-order valence-corrected chi connectivity index (χ1v) is 8.88. The molecule has 0 saturated carbocycles. The Morgan fingerprint density at radius 1 is 1.26 bits per heavy atom. The molecule has 1 aliphatic heterocycles. The Morgan fingerprint density at radius 2 is 2.00 bits per heavy atom. The molecule has 3 N–H and O–H groups in total. The summed E-state index contributed by atoms with van der Waals surface area (Å²) in [6, 6.07) is 2.78.